The zero-order chi connectivity index (χ0) is 11.6. The Morgan fingerprint density at radius 2 is 2.25 bits per heavy atom. The van der Waals surface area contributed by atoms with Gasteiger partial charge in [-0.15, -0.1) is 0 Å². The normalized spacial score (nSPS) is 32.6. The fourth-order valence-corrected chi connectivity index (χ4v) is 3.00. The van der Waals surface area contributed by atoms with Gasteiger partial charge in [0.05, 0.1) is 0 Å². The summed E-state index contributed by atoms with van der Waals surface area (Å²) in [6.07, 6.45) is 9.42. The summed E-state index contributed by atoms with van der Waals surface area (Å²) in [6, 6.07) is 0.720. The molecule has 3 unspecified atom stereocenters. The summed E-state index contributed by atoms with van der Waals surface area (Å²) in [6.45, 7) is 5.97. The largest absolute Gasteiger partial charge is 0.396 e. The average molecular weight is 223 g/mol. The number of nitrogens with one attached hydrogen (secondary N) is 1. The zero-order valence-electron chi connectivity index (χ0n) is 10.6. The third-order valence-corrected chi connectivity index (χ3v) is 4.22. The summed E-state index contributed by atoms with van der Waals surface area (Å²) >= 11 is 0. The lowest BCUT2D eigenvalue weighted by Crippen LogP contribution is -2.50. The average Bonchev–Trinajstić information content (AvgIpc) is 2.58. The molecule has 2 aliphatic carbocycles. The number of aliphatic hydroxyl groups is 1. The molecule has 0 aromatic carbocycles. The first-order chi connectivity index (χ1) is 7.62. The molecule has 0 spiro atoms. The molecule has 0 saturated heterocycles. The molecule has 0 aromatic heterocycles. The van der Waals surface area contributed by atoms with Gasteiger partial charge in [0.1, 0.15) is 0 Å². The van der Waals surface area contributed by atoms with Gasteiger partial charge in [-0.2, -0.15) is 0 Å². The maximum absolute atomic E-state index is 8.86. The summed E-state index contributed by atoms with van der Waals surface area (Å²) in [7, 11) is 0. The highest BCUT2D eigenvalue weighted by molar-refractivity contribution is 5.12. The zero-order valence-corrected chi connectivity index (χ0v) is 10.6. The fraction of sp³-hybridized carbons (Fsp3) is 0.857. The van der Waals surface area contributed by atoms with Crippen LogP contribution in [0.25, 0.3) is 0 Å². The molecule has 2 aliphatic rings. The third-order valence-electron chi connectivity index (χ3n) is 4.22. The minimum atomic E-state index is 0.316. The van der Waals surface area contributed by atoms with Crippen LogP contribution in [0.5, 0.6) is 0 Å². The Morgan fingerprint density at radius 3 is 2.94 bits per heavy atom. The van der Waals surface area contributed by atoms with Crippen LogP contribution in [0, 0.1) is 17.3 Å². The fourth-order valence-electron chi connectivity index (χ4n) is 3.00. The van der Waals surface area contributed by atoms with Crippen LogP contribution in [0.15, 0.2) is 12.2 Å². The smallest absolute Gasteiger partial charge is 0.0431 e. The summed E-state index contributed by atoms with van der Waals surface area (Å²) in [4.78, 5) is 0. The molecule has 92 valence electrons. The molecular formula is C14H25NO. The molecule has 0 aromatic rings. The number of allylic oxidation sites excluding steroid dienone is 1. The summed E-state index contributed by atoms with van der Waals surface area (Å²) < 4.78 is 0. The lowest BCUT2D eigenvalue weighted by Gasteiger charge is -2.42. The van der Waals surface area contributed by atoms with Gasteiger partial charge >= 0.3 is 0 Å². The second-order valence-electron chi connectivity index (χ2n) is 6.22. The van der Waals surface area contributed by atoms with Crippen molar-refractivity contribution in [2.75, 3.05) is 13.2 Å². The van der Waals surface area contributed by atoms with E-state index in [1.807, 2.05) is 0 Å². The van der Waals surface area contributed by atoms with Crippen LogP contribution >= 0.6 is 0 Å². The van der Waals surface area contributed by atoms with E-state index in [4.69, 9.17) is 5.11 Å². The van der Waals surface area contributed by atoms with E-state index in [2.05, 4.69) is 31.3 Å². The van der Waals surface area contributed by atoms with Gasteiger partial charge in [0.25, 0.3) is 0 Å². The van der Waals surface area contributed by atoms with Gasteiger partial charge in [-0.25, -0.2) is 0 Å². The number of hydrogen-bond acceptors (Lipinski definition) is 2. The van der Waals surface area contributed by atoms with Crippen molar-refractivity contribution in [3.05, 3.63) is 12.2 Å². The number of rotatable bonds is 6. The molecule has 0 heterocycles. The Balaban J connectivity index is 1.69. The summed E-state index contributed by atoms with van der Waals surface area (Å²) in [5, 5.41) is 12.6. The molecule has 0 radical (unpaired) electrons. The highest BCUT2D eigenvalue weighted by Crippen LogP contribution is 2.42. The topological polar surface area (TPSA) is 32.3 Å². The van der Waals surface area contributed by atoms with Crippen LogP contribution in [0.4, 0.5) is 0 Å². The van der Waals surface area contributed by atoms with Gasteiger partial charge in [0, 0.05) is 19.2 Å². The molecule has 16 heavy (non-hydrogen) atoms. The van der Waals surface area contributed by atoms with Crippen molar-refractivity contribution >= 4 is 0 Å². The van der Waals surface area contributed by atoms with Crippen molar-refractivity contribution in [2.24, 2.45) is 17.3 Å². The summed E-state index contributed by atoms with van der Waals surface area (Å²) in [5.74, 6) is 1.76. The standard InChI is InChI=1S/C14H25NO/c1-14(2,7-4-8-16)10-15-13-9-11-5-3-6-12(11)13/h3,6,11-13,15-16H,4-5,7-10H2,1-2H3. The van der Waals surface area contributed by atoms with Gasteiger partial charge < -0.3 is 10.4 Å². The second-order valence-corrected chi connectivity index (χ2v) is 6.22. The minimum Gasteiger partial charge on any atom is -0.396 e. The molecule has 2 nitrogen and oxygen atoms in total. The van der Waals surface area contributed by atoms with Crippen molar-refractivity contribution in [1.29, 1.82) is 0 Å². The second kappa shape index (κ2) is 4.89. The Morgan fingerprint density at radius 1 is 1.44 bits per heavy atom. The lowest BCUT2D eigenvalue weighted by molar-refractivity contribution is 0.142. The molecular weight excluding hydrogens is 198 g/mol. The highest BCUT2D eigenvalue weighted by Gasteiger charge is 2.40. The highest BCUT2D eigenvalue weighted by atomic mass is 16.2. The quantitative estimate of drug-likeness (QED) is 0.677. The lowest BCUT2D eigenvalue weighted by atomic mass is 9.71. The van der Waals surface area contributed by atoms with E-state index in [9.17, 15) is 0 Å². The molecule has 2 N–H and O–H groups in total. The summed E-state index contributed by atoms with van der Waals surface area (Å²) in [5.41, 5.74) is 0.316. The number of hydrogen-bond donors (Lipinski definition) is 2. The van der Waals surface area contributed by atoms with Crippen LogP contribution in [-0.4, -0.2) is 24.3 Å². The van der Waals surface area contributed by atoms with E-state index >= 15 is 0 Å². The van der Waals surface area contributed by atoms with Crippen molar-refractivity contribution in [3.63, 3.8) is 0 Å². The van der Waals surface area contributed by atoms with E-state index in [0.29, 0.717) is 12.0 Å². The Hall–Kier alpha value is -0.340. The first-order valence-electron chi connectivity index (χ1n) is 6.63. The molecule has 0 amide bonds. The van der Waals surface area contributed by atoms with Crippen LogP contribution < -0.4 is 5.32 Å². The molecule has 3 atom stereocenters. The first kappa shape index (κ1) is 12.1. The molecule has 2 heteroatoms. The van der Waals surface area contributed by atoms with Gasteiger partial charge in [0.15, 0.2) is 0 Å². The third kappa shape index (κ3) is 2.67. The predicted octanol–water partition coefficient (Wildman–Crippen LogP) is 2.34. The van der Waals surface area contributed by atoms with Crippen LogP contribution in [0.3, 0.4) is 0 Å². The predicted molar refractivity (Wildman–Crippen MR) is 67.2 cm³/mol. The van der Waals surface area contributed by atoms with E-state index in [1.54, 1.807) is 0 Å². The monoisotopic (exact) mass is 223 g/mol. The van der Waals surface area contributed by atoms with Crippen LogP contribution in [0.1, 0.15) is 39.5 Å². The van der Waals surface area contributed by atoms with E-state index < -0.39 is 0 Å². The van der Waals surface area contributed by atoms with Gasteiger partial charge in [-0.05, 0) is 42.9 Å². The molecule has 2 rings (SSSR count). The maximum Gasteiger partial charge on any atom is 0.0431 e. The molecule has 0 bridgehead atoms. The van der Waals surface area contributed by atoms with E-state index in [-0.39, 0.29) is 0 Å². The Kier molecular flexibility index (Phi) is 3.70. The van der Waals surface area contributed by atoms with E-state index in [0.717, 1.165) is 37.3 Å². The minimum absolute atomic E-state index is 0.316. The van der Waals surface area contributed by atoms with Crippen molar-refractivity contribution in [3.8, 4) is 0 Å². The van der Waals surface area contributed by atoms with Crippen molar-refractivity contribution in [2.45, 2.75) is 45.6 Å². The first-order valence-corrected chi connectivity index (χ1v) is 6.63. The van der Waals surface area contributed by atoms with Crippen LogP contribution in [-0.2, 0) is 0 Å². The maximum atomic E-state index is 8.86. The number of fused-ring (bicyclic) bond motifs is 1. The van der Waals surface area contributed by atoms with E-state index in [1.165, 1.54) is 12.8 Å². The molecule has 1 fully saturated rings. The van der Waals surface area contributed by atoms with Crippen molar-refractivity contribution in [1.82, 2.24) is 5.32 Å². The SMILES string of the molecule is CC(C)(CCCO)CNC1CC2CC=CC21. The molecule has 0 aliphatic heterocycles. The van der Waals surface area contributed by atoms with Crippen molar-refractivity contribution < 1.29 is 5.11 Å². The van der Waals surface area contributed by atoms with Gasteiger partial charge in [0.2, 0.25) is 0 Å². The van der Waals surface area contributed by atoms with Gasteiger partial charge in [-0.1, -0.05) is 26.0 Å². The number of aliphatic hydroxyl groups excluding tert-OH is 1. The Bertz CT molecular complexity index is 259. The molecule has 1 saturated carbocycles. The van der Waals surface area contributed by atoms with Gasteiger partial charge in [-0.3, -0.25) is 0 Å². The van der Waals surface area contributed by atoms with Crippen LogP contribution in [0.2, 0.25) is 0 Å². The Labute approximate surface area is 99.1 Å².